The number of pyridine rings is 1. The lowest BCUT2D eigenvalue weighted by Crippen LogP contribution is -2.34. The number of aromatic carboxylic acids is 2. The summed E-state index contributed by atoms with van der Waals surface area (Å²) in [5, 5.41) is 16.7. The molecule has 0 aliphatic rings. The molecule has 0 spiro atoms. The van der Waals surface area contributed by atoms with Crippen molar-refractivity contribution in [3.8, 4) is 0 Å². The Morgan fingerprint density at radius 3 is 1.67 bits per heavy atom. The first-order valence-corrected chi connectivity index (χ1v) is 5.06. The fraction of sp³-hybridized carbons (Fsp3) is 0.222. The molecule has 116 valence electrons. The van der Waals surface area contributed by atoms with Gasteiger partial charge in [0.2, 0.25) is 0 Å². The van der Waals surface area contributed by atoms with E-state index >= 15 is 0 Å². The van der Waals surface area contributed by atoms with E-state index in [2.05, 4.69) is 16.6 Å². The van der Waals surface area contributed by atoms with Crippen LogP contribution in [0.25, 0.3) is 0 Å². The number of carboxylic acid groups (broad SMARTS) is 2. The molecule has 0 fully saturated rings. The van der Waals surface area contributed by atoms with Crippen LogP contribution >= 0.6 is 11.6 Å². The first kappa shape index (κ1) is 16.9. The molecule has 0 bridgehead atoms. The molecule has 0 saturated carbocycles. The molecule has 1 heterocycles. The van der Waals surface area contributed by atoms with Gasteiger partial charge in [0, 0.05) is 0 Å². The quantitative estimate of drug-likeness (QED) is 0.599. The molecular weight excluding hydrogens is 331 g/mol. The number of hydrogen-bond donors (Lipinski definition) is 1. The van der Waals surface area contributed by atoms with Crippen LogP contribution in [0.3, 0.4) is 0 Å². The van der Waals surface area contributed by atoms with E-state index in [1.54, 1.807) is 0 Å². The Hall–Kier alpha value is -2.17. The fourth-order valence-corrected chi connectivity index (χ4v) is 1.56. The van der Waals surface area contributed by atoms with Crippen molar-refractivity contribution in [2.45, 2.75) is 11.6 Å². The average molecular weight is 333 g/mol. The van der Waals surface area contributed by atoms with E-state index < -0.39 is 51.7 Å². The van der Waals surface area contributed by atoms with Crippen LogP contribution in [0.4, 0.5) is 27.6 Å². The molecule has 2 N–H and O–H groups in total. The summed E-state index contributed by atoms with van der Waals surface area (Å²) in [4.78, 5) is 23.7. The second kappa shape index (κ2) is 4.98. The van der Waals surface area contributed by atoms with Crippen molar-refractivity contribution in [1.82, 2.24) is 4.98 Å². The highest BCUT2D eigenvalue weighted by Gasteiger charge is 2.43. The van der Waals surface area contributed by atoms with Crippen molar-refractivity contribution in [3.63, 3.8) is 0 Å². The minimum Gasteiger partial charge on any atom is -0.545 e. The predicted octanol–water partition coefficient (Wildman–Crippen LogP) is -0.302. The average Bonchev–Trinajstić information content (AvgIpc) is 2.23. The van der Waals surface area contributed by atoms with Crippen molar-refractivity contribution < 1.29 is 41.8 Å². The molecule has 6 nitrogen and oxygen atoms in total. The van der Waals surface area contributed by atoms with Crippen LogP contribution in [0, 0.1) is 0 Å². The number of carboxylic acids is 2. The summed E-state index contributed by atoms with van der Waals surface area (Å²) >= 11 is 4.46. The number of carbonyl (C=O) groups excluding carboxylic acids is 2. The van der Waals surface area contributed by atoms with Crippen LogP contribution in [0.15, 0.2) is 0 Å². The van der Waals surface area contributed by atoms with Gasteiger partial charge < -0.3 is 25.5 Å². The highest BCUT2D eigenvalue weighted by atomic mass is 35.5. The molecule has 0 aliphatic carbocycles. The molecule has 0 amide bonds. The maximum Gasteiger partial charge on any atom is 0.434 e. The summed E-state index contributed by atoms with van der Waals surface area (Å²) in [5.74, 6) is -5.04. The number of carbonyl (C=O) groups is 2. The summed E-state index contributed by atoms with van der Waals surface area (Å²) < 4.78 is 63.9. The van der Waals surface area contributed by atoms with Crippen LogP contribution in [-0.2, 0) is 11.6 Å². The third-order valence-electron chi connectivity index (χ3n) is 2.18. The van der Waals surface area contributed by atoms with Gasteiger partial charge in [0.1, 0.15) is 5.69 Å². The number of aromatic nitrogens is 1. The van der Waals surface area contributed by atoms with E-state index in [1.807, 2.05) is 0 Å². The van der Waals surface area contributed by atoms with Crippen LogP contribution in [0.5, 0.6) is 0 Å². The minimum absolute atomic E-state index is 1.65. The zero-order chi connectivity index (χ0) is 16.7. The number of nitrogens with two attached hydrogens (primary N) is 1. The Balaban J connectivity index is 3.99. The molecule has 0 atom stereocenters. The first-order valence-electron chi connectivity index (χ1n) is 4.69. The van der Waals surface area contributed by atoms with Crippen molar-refractivity contribution in [3.05, 3.63) is 22.5 Å². The van der Waals surface area contributed by atoms with Crippen LogP contribution < -0.4 is 15.9 Å². The zero-order valence-corrected chi connectivity index (χ0v) is 10.2. The lowest BCUT2D eigenvalue weighted by molar-refractivity contribution is -0.255. The molecule has 1 aromatic heterocycles. The van der Waals surface area contributed by atoms with E-state index in [4.69, 9.17) is 5.73 Å². The van der Waals surface area contributed by atoms with E-state index in [0.29, 0.717) is 0 Å². The van der Waals surface area contributed by atoms with Gasteiger partial charge in [-0.2, -0.15) is 22.0 Å². The van der Waals surface area contributed by atoms with Crippen molar-refractivity contribution in [1.29, 1.82) is 0 Å². The van der Waals surface area contributed by atoms with Crippen molar-refractivity contribution in [2.24, 2.45) is 0 Å². The molecular formula is C9H2ClF5N2O4-2. The second-order valence-electron chi connectivity index (χ2n) is 3.54. The van der Waals surface area contributed by atoms with Crippen LogP contribution in [0.2, 0.25) is 0 Å². The number of nitrogens with zero attached hydrogens (tertiary/aromatic N) is 1. The molecule has 1 aromatic rings. The van der Waals surface area contributed by atoms with Crippen LogP contribution in [-0.4, -0.2) is 16.9 Å². The SMILES string of the molecule is Nc1c(C(=O)[O-])c(C(F)(F)F)nc(C(F)(F)Cl)c1C(=O)[O-]. The molecule has 21 heavy (non-hydrogen) atoms. The van der Waals surface area contributed by atoms with Gasteiger partial charge in [-0.1, -0.05) is 0 Å². The first-order chi connectivity index (χ1) is 9.28. The highest BCUT2D eigenvalue weighted by molar-refractivity contribution is 6.22. The Labute approximate surface area is 116 Å². The number of hydrogen-bond acceptors (Lipinski definition) is 6. The van der Waals surface area contributed by atoms with Gasteiger partial charge in [0.15, 0.2) is 5.69 Å². The number of nitrogen functional groups attached to an aromatic ring is 1. The Bertz CT molecular complexity index is 576. The van der Waals surface area contributed by atoms with Gasteiger partial charge in [-0.05, 0) is 11.6 Å². The Morgan fingerprint density at radius 2 is 1.38 bits per heavy atom. The van der Waals surface area contributed by atoms with E-state index in [-0.39, 0.29) is 0 Å². The maximum absolute atomic E-state index is 13.0. The molecule has 12 heteroatoms. The lowest BCUT2D eigenvalue weighted by atomic mass is 10.0. The van der Waals surface area contributed by atoms with Crippen molar-refractivity contribution in [2.75, 3.05) is 5.73 Å². The predicted molar refractivity (Wildman–Crippen MR) is 52.1 cm³/mol. The second-order valence-corrected chi connectivity index (χ2v) is 4.02. The monoisotopic (exact) mass is 332 g/mol. The lowest BCUT2D eigenvalue weighted by Gasteiger charge is -2.22. The van der Waals surface area contributed by atoms with Gasteiger partial charge in [0.25, 0.3) is 0 Å². The summed E-state index contributed by atoms with van der Waals surface area (Å²) in [6.07, 6.45) is -5.52. The summed E-state index contributed by atoms with van der Waals surface area (Å²) in [7, 11) is 0. The number of halogens is 6. The summed E-state index contributed by atoms with van der Waals surface area (Å²) in [6.45, 7) is 0. The van der Waals surface area contributed by atoms with Crippen LogP contribution in [0.1, 0.15) is 32.1 Å². The fourth-order valence-electron chi connectivity index (χ4n) is 1.43. The Morgan fingerprint density at radius 1 is 1.00 bits per heavy atom. The van der Waals surface area contributed by atoms with E-state index in [0.717, 1.165) is 0 Å². The molecule has 0 radical (unpaired) electrons. The van der Waals surface area contributed by atoms with Gasteiger partial charge in [-0.15, -0.1) is 0 Å². The molecule has 0 aliphatic heterocycles. The van der Waals surface area contributed by atoms with E-state index in [9.17, 15) is 41.8 Å². The summed E-state index contributed by atoms with van der Waals surface area (Å²) in [6, 6.07) is 0. The zero-order valence-electron chi connectivity index (χ0n) is 9.43. The summed E-state index contributed by atoms with van der Waals surface area (Å²) in [5.41, 5.74) is -4.84. The number of anilines is 1. The van der Waals surface area contributed by atoms with Gasteiger partial charge in [-0.25, -0.2) is 4.98 Å². The van der Waals surface area contributed by atoms with Gasteiger partial charge in [-0.3, -0.25) is 0 Å². The molecule has 1 rings (SSSR count). The smallest absolute Gasteiger partial charge is 0.434 e. The minimum atomic E-state index is -5.52. The van der Waals surface area contributed by atoms with Gasteiger partial charge >= 0.3 is 11.6 Å². The normalized spacial score (nSPS) is 12.3. The standard InChI is InChI=1S/C9H4ClF5N2O4/c10-8(11,12)4-1(6(18)19)3(16)2(7(20)21)5(17-4)9(13,14)15/h(H2,16,17)(H,18,19)(H,20,21)/p-2. The Kier molecular flexibility index (Phi) is 4.01. The third-order valence-corrected chi connectivity index (χ3v) is 2.36. The molecule has 0 aromatic carbocycles. The topological polar surface area (TPSA) is 119 Å². The van der Waals surface area contributed by atoms with Gasteiger partial charge in [0.05, 0.1) is 28.8 Å². The third kappa shape index (κ3) is 3.12. The highest BCUT2D eigenvalue weighted by Crippen LogP contribution is 2.40. The molecule has 0 unspecified atom stereocenters. The number of alkyl halides is 6. The van der Waals surface area contributed by atoms with Crippen molar-refractivity contribution >= 4 is 29.2 Å². The maximum atomic E-state index is 13.0. The molecule has 0 saturated heterocycles. The number of rotatable bonds is 3. The van der Waals surface area contributed by atoms with E-state index in [1.165, 1.54) is 0 Å². The largest absolute Gasteiger partial charge is 0.545 e.